The van der Waals surface area contributed by atoms with Crippen LogP contribution in [0.15, 0.2) is 12.1 Å². The number of aromatic hydroxyl groups is 1. The van der Waals surface area contributed by atoms with E-state index in [1.807, 2.05) is 6.92 Å². The number of benzene rings is 1. The first-order valence-electron chi connectivity index (χ1n) is 5.83. The predicted octanol–water partition coefficient (Wildman–Crippen LogP) is 3.76. The van der Waals surface area contributed by atoms with Gasteiger partial charge in [-0.2, -0.15) is 0 Å². The van der Waals surface area contributed by atoms with E-state index in [-0.39, 0.29) is 16.5 Å². The van der Waals surface area contributed by atoms with Crippen molar-refractivity contribution in [2.75, 3.05) is 5.32 Å². The van der Waals surface area contributed by atoms with E-state index in [0.29, 0.717) is 22.0 Å². The van der Waals surface area contributed by atoms with E-state index in [4.69, 9.17) is 23.2 Å². The Morgan fingerprint density at radius 1 is 1.45 bits per heavy atom. The Kier molecular flexibility index (Phi) is 4.80. The molecule has 2 aromatic rings. The first kappa shape index (κ1) is 15.0. The normalized spacial score (nSPS) is 10.6. The number of hydrogen-bond donors (Lipinski definition) is 2. The Hall–Kier alpha value is -1.37. The number of halogens is 2. The van der Waals surface area contributed by atoms with Crippen molar-refractivity contribution in [1.29, 1.82) is 0 Å². The first-order valence-corrected chi connectivity index (χ1v) is 7.36. The number of carbonyl (C=O) groups is 1. The van der Waals surface area contributed by atoms with Crippen LogP contribution in [0.4, 0.5) is 5.69 Å². The van der Waals surface area contributed by atoms with E-state index in [1.165, 1.54) is 12.1 Å². The lowest BCUT2D eigenvalue weighted by molar-refractivity contribution is 0.102. The third-order valence-electron chi connectivity index (χ3n) is 2.53. The maximum Gasteiger partial charge on any atom is 0.269 e. The monoisotopic (exact) mass is 331 g/mol. The summed E-state index contributed by atoms with van der Waals surface area (Å²) in [6.45, 7) is 1.99. The molecule has 0 aliphatic heterocycles. The zero-order chi connectivity index (χ0) is 14.7. The van der Waals surface area contributed by atoms with Crippen LogP contribution in [-0.4, -0.2) is 20.6 Å². The number of rotatable bonds is 4. The Morgan fingerprint density at radius 2 is 2.20 bits per heavy atom. The summed E-state index contributed by atoms with van der Waals surface area (Å²) in [6, 6.07) is 2.82. The molecule has 8 heteroatoms. The number of phenolic OH excluding ortho intramolecular Hbond substituents is 1. The number of nitrogens with one attached hydrogen (secondary N) is 1. The average molecular weight is 332 g/mol. The maximum absolute atomic E-state index is 12.2. The number of amides is 1. The second-order valence-corrected chi connectivity index (χ2v) is 5.63. The van der Waals surface area contributed by atoms with Gasteiger partial charge in [0.15, 0.2) is 5.75 Å². The van der Waals surface area contributed by atoms with Gasteiger partial charge in [-0.1, -0.05) is 41.0 Å². The molecule has 1 aromatic carbocycles. The Bertz CT molecular complexity index is 646. The number of carbonyl (C=O) groups excluding carboxylic acids is 1. The molecule has 0 aliphatic rings. The lowest BCUT2D eigenvalue weighted by atomic mass is 10.2. The van der Waals surface area contributed by atoms with Crippen molar-refractivity contribution in [2.24, 2.45) is 0 Å². The highest BCUT2D eigenvalue weighted by atomic mass is 35.5. The van der Waals surface area contributed by atoms with Gasteiger partial charge in [0.2, 0.25) is 0 Å². The smallest absolute Gasteiger partial charge is 0.269 e. The van der Waals surface area contributed by atoms with Crippen molar-refractivity contribution in [3.05, 3.63) is 32.7 Å². The third-order valence-corrected chi connectivity index (χ3v) is 3.80. The molecule has 106 valence electrons. The van der Waals surface area contributed by atoms with Gasteiger partial charge in [-0.15, -0.1) is 5.10 Å². The molecule has 2 rings (SSSR count). The van der Waals surface area contributed by atoms with Crippen molar-refractivity contribution in [3.63, 3.8) is 0 Å². The largest absolute Gasteiger partial charge is 0.504 e. The SMILES string of the molecule is CCCc1nnsc1C(=O)Nc1cc(Cl)cc(Cl)c1O. The lowest BCUT2D eigenvalue weighted by Gasteiger charge is -2.08. The summed E-state index contributed by atoms with van der Waals surface area (Å²) in [5, 5.41) is 16.7. The summed E-state index contributed by atoms with van der Waals surface area (Å²) >= 11 is 12.7. The standard InChI is InChI=1S/C12H11Cl2N3O2S/c1-2-3-8-11(20-17-16-8)12(19)15-9-5-6(13)4-7(14)10(9)18/h4-5,18H,2-3H2,1H3,(H,15,19). The fraction of sp³-hybridized carbons (Fsp3) is 0.250. The molecule has 0 radical (unpaired) electrons. The van der Waals surface area contributed by atoms with Crippen LogP contribution >= 0.6 is 34.7 Å². The van der Waals surface area contributed by atoms with E-state index < -0.39 is 5.91 Å². The summed E-state index contributed by atoms with van der Waals surface area (Å²) in [6.07, 6.45) is 1.53. The Morgan fingerprint density at radius 3 is 2.90 bits per heavy atom. The molecule has 0 aliphatic carbocycles. The molecule has 1 amide bonds. The lowest BCUT2D eigenvalue weighted by Crippen LogP contribution is -2.12. The van der Waals surface area contributed by atoms with Crippen LogP contribution in [0.25, 0.3) is 0 Å². The molecule has 0 fully saturated rings. The Balaban J connectivity index is 2.26. The highest BCUT2D eigenvalue weighted by Gasteiger charge is 2.18. The van der Waals surface area contributed by atoms with Crippen LogP contribution in [0.1, 0.15) is 28.7 Å². The molecule has 1 heterocycles. The van der Waals surface area contributed by atoms with Crippen molar-refractivity contribution >= 4 is 46.3 Å². The van der Waals surface area contributed by atoms with Gasteiger partial charge >= 0.3 is 0 Å². The second kappa shape index (κ2) is 6.39. The van der Waals surface area contributed by atoms with E-state index >= 15 is 0 Å². The summed E-state index contributed by atoms with van der Waals surface area (Å²) in [7, 11) is 0. The van der Waals surface area contributed by atoms with Gasteiger partial charge < -0.3 is 10.4 Å². The molecule has 5 nitrogen and oxygen atoms in total. The fourth-order valence-corrected chi connectivity index (χ4v) is 2.72. The van der Waals surface area contributed by atoms with Crippen LogP contribution in [0, 0.1) is 0 Å². The van der Waals surface area contributed by atoms with Crippen molar-refractivity contribution in [3.8, 4) is 5.75 Å². The number of aromatic nitrogens is 2. The molecular weight excluding hydrogens is 321 g/mol. The van der Waals surface area contributed by atoms with Gasteiger partial charge in [0.25, 0.3) is 5.91 Å². The third kappa shape index (κ3) is 3.20. The van der Waals surface area contributed by atoms with Crippen molar-refractivity contribution < 1.29 is 9.90 Å². The highest BCUT2D eigenvalue weighted by molar-refractivity contribution is 7.08. The van der Waals surface area contributed by atoms with Gasteiger partial charge in [0.05, 0.1) is 16.4 Å². The quantitative estimate of drug-likeness (QED) is 0.836. The van der Waals surface area contributed by atoms with Gasteiger partial charge in [-0.3, -0.25) is 4.79 Å². The van der Waals surface area contributed by atoms with Crippen LogP contribution in [-0.2, 0) is 6.42 Å². The first-order chi connectivity index (χ1) is 9.52. The molecular formula is C12H11Cl2N3O2S. The molecule has 2 N–H and O–H groups in total. The minimum atomic E-state index is -0.392. The van der Waals surface area contributed by atoms with Gasteiger partial charge in [-0.25, -0.2) is 0 Å². The van der Waals surface area contributed by atoms with Crippen LogP contribution < -0.4 is 5.32 Å². The van der Waals surface area contributed by atoms with Crippen LogP contribution in [0.5, 0.6) is 5.75 Å². The summed E-state index contributed by atoms with van der Waals surface area (Å²) in [5.41, 5.74) is 0.797. The number of phenols is 1. The number of hydrogen-bond acceptors (Lipinski definition) is 5. The number of anilines is 1. The topological polar surface area (TPSA) is 75.1 Å². The van der Waals surface area contributed by atoms with E-state index in [2.05, 4.69) is 14.9 Å². The van der Waals surface area contributed by atoms with Gasteiger partial charge in [0.1, 0.15) is 4.88 Å². The molecule has 0 saturated heterocycles. The molecule has 0 unspecified atom stereocenters. The van der Waals surface area contributed by atoms with E-state index in [1.54, 1.807) is 0 Å². The molecule has 1 aromatic heterocycles. The Labute approximate surface area is 129 Å². The molecule has 0 atom stereocenters. The summed E-state index contributed by atoms with van der Waals surface area (Å²) < 4.78 is 3.78. The second-order valence-electron chi connectivity index (χ2n) is 4.04. The average Bonchev–Trinajstić information content (AvgIpc) is 2.84. The molecule has 0 saturated carbocycles. The molecule has 0 bridgehead atoms. The highest BCUT2D eigenvalue weighted by Crippen LogP contribution is 2.35. The summed E-state index contributed by atoms with van der Waals surface area (Å²) in [5.74, 6) is -0.615. The van der Waals surface area contributed by atoms with Crippen LogP contribution in [0.2, 0.25) is 10.0 Å². The van der Waals surface area contributed by atoms with E-state index in [9.17, 15) is 9.90 Å². The van der Waals surface area contributed by atoms with Gasteiger partial charge in [-0.05, 0) is 30.1 Å². The fourth-order valence-electron chi connectivity index (χ4n) is 1.62. The number of nitrogens with zero attached hydrogens (tertiary/aromatic N) is 2. The molecule has 20 heavy (non-hydrogen) atoms. The minimum Gasteiger partial charge on any atom is -0.504 e. The van der Waals surface area contributed by atoms with Crippen molar-refractivity contribution in [1.82, 2.24) is 9.59 Å². The maximum atomic E-state index is 12.2. The summed E-state index contributed by atoms with van der Waals surface area (Å²) in [4.78, 5) is 12.6. The molecule has 0 spiro atoms. The zero-order valence-corrected chi connectivity index (χ0v) is 12.8. The van der Waals surface area contributed by atoms with Crippen LogP contribution in [0.3, 0.4) is 0 Å². The van der Waals surface area contributed by atoms with Crippen molar-refractivity contribution in [2.45, 2.75) is 19.8 Å². The predicted molar refractivity (Wildman–Crippen MR) is 80.0 cm³/mol. The number of aryl methyl sites for hydroxylation is 1. The van der Waals surface area contributed by atoms with E-state index in [0.717, 1.165) is 18.0 Å². The zero-order valence-electron chi connectivity index (χ0n) is 10.5. The van der Waals surface area contributed by atoms with Gasteiger partial charge in [0, 0.05) is 5.02 Å². The minimum absolute atomic E-state index is 0.0732.